The number of nitro benzene ring substituents is 1. The third kappa shape index (κ3) is 5.10. The largest absolute Gasteiger partial charge is 0.452 e. The first-order valence-corrected chi connectivity index (χ1v) is 12.2. The second-order valence-corrected chi connectivity index (χ2v) is 10.4. The highest BCUT2D eigenvalue weighted by molar-refractivity contribution is 7.93. The number of nitrogens with two attached hydrogens (primary N) is 1. The number of non-ortho nitro benzene ring substituents is 1. The van der Waals surface area contributed by atoms with E-state index in [9.17, 15) is 28.1 Å². The predicted octanol–water partition coefficient (Wildman–Crippen LogP) is 3.42. The molecule has 4 aromatic rings. The molecule has 0 aliphatic heterocycles. The molecule has 0 aliphatic carbocycles. The van der Waals surface area contributed by atoms with E-state index in [4.69, 9.17) is 10.5 Å². The maximum absolute atomic E-state index is 12.7. The number of nitrogens with one attached hydrogen (secondary N) is 1. The lowest BCUT2D eigenvalue weighted by molar-refractivity contribution is -0.384. The van der Waals surface area contributed by atoms with Crippen molar-refractivity contribution in [3.63, 3.8) is 0 Å². The van der Waals surface area contributed by atoms with Crippen molar-refractivity contribution in [2.45, 2.75) is 9.10 Å². The highest BCUT2D eigenvalue weighted by Gasteiger charge is 2.23. The summed E-state index contributed by atoms with van der Waals surface area (Å²) in [4.78, 5) is 38.4. The monoisotopic (exact) mass is 512 g/mol. The van der Waals surface area contributed by atoms with Crippen molar-refractivity contribution in [2.75, 3.05) is 17.7 Å². The molecule has 0 bridgehead atoms. The molecule has 1 heterocycles. The van der Waals surface area contributed by atoms with Crippen molar-refractivity contribution in [3.8, 4) is 0 Å². The molecule has 0 saturated carbocycles. The number of sulfone groups is 1. The zero-order valence-electron chi connectivity index (χ0n) is 17.7. The molecule has 0 radical (unpaired) electrons. The molecule has 3 N–H and O–H groups in total. The Morgan fingerprint density at radius 2 is 1.74 bits per heavy atom. The first-order valence-electron chi connectivity index (χ1n) is 9.86. The first-order chi connectivity index (χ1) is 16.6. The van der Waals surface area contributed by atoms with E-state index in [1.165, 1.54) is 0 Å². The number of ether oxygens (including phenoxy) is 1. The molecule has 1 aromatic heterocycles. The Balaban J connectivity index is 1.40. The van der Waals surface area contributed by atoms with Crippen LogP contribution in [0.5, 0.6) is 0 Å². The fraction of sp³-hybridized carbons (Fsp3) is 0.0455. The molecule has 3 aromatic carbocycles. The van der Waals surface area contributed by atoms with E-state index in [1.807, 2.05) is 24.3 Å². The van der Waals surface area contributed by atoms with Gasteiger partial charge in [-0.25, -0.2) is 18.2 Å². The van der Waals surface area contributed by atoms with E-state index in [0.717, 1.165) is 41.2 Å². The molecule has 0 atom stereocenters. The molecule has 35 heavy (non-hydrogen) atoms. The van der Waals surface area contributed by atoms with E-state index in [0.29, 0.717) is 11.3 Å². The molecule has 4 rings (SSSR count). The standard InChI is InChI=1S/C22H16N4O7S2/c23-18-10-14-4-2-1-3-13(14)9-17(18)21(28)33-12-19(27)25-22-24-11-20(34-22)35(31,32)16-7-5-15(6-8-16)26(29)30/h1-11H,12,23H2,(H,24,25,27). The molecule has 178 valence electrons. The molecule has 11 nitrogen and oxygen atoms in total. The van der Waals surface area contributed by atoms with Crippen LogP contribution in [0.15, 0.2) is 76.0 Å². The zero-order valence-corrected chi connectivity index (χ0v) is 19.3. The molecule has 0 unspecified atom stereocenters. The summed E-state index contributed by atoms with van der Waals surface area (Å²) in [6.45, 7) is -0.644. The molecule has 0 aliphatic rings. The van der Waals surface area contributed by atoms with Crippen LogP contribution < -0.4 is 11.1 Å². The topological polar surface area (TPSA) is 172 Å². The number of nitrogen functional groups attached to an aromatic ring is 1. The number of carbonyl (C=O) groups is 2. The fourth-order valence-corrected chi connectivity index (χ4v) is 5.55. The zero-order chi connectivity index (χ0) is 25.2. The van der Waals surface area contributed by atoms with E-state index < -0.39 is 33.2 Å². The summed E-state index contributed by atoms with van der Waals surface area (Å²) >= 11 is 0.683. The van der Waals surface area contributed by atoms with Crippen molar-refractivity contribution < 1.29 is 27.7 Å². The lowest BCUT2D eigenvalue weighted by Gasteiger charge is -2.08. The molecule has 0 saturated heterocycles. The van der Waals surface area contributed by atoms with Gasteiger partial charge in [0.25, 0.3) is 11.6 Å². The number of carbonyl (C=O) groups excluding carboxylic acids is 2. The van der Waals surface area contributed by atoms with Gasteiger partial charge in [0, 0.05) is 17.8 Å². The first kappa shape index (κ1) is 23.8. The summed E-state index contributed by atoms with van der Waals surface area (Å²) in [6, 6.07) is 14.9. The molecule has 1 amide bonds. The van der Waals surface area contributed by atoms with Crippen LogP contribution in [0.2, 0.25) is 0 Å². The lowest BCUT2D eigenvalue weighted by atomic mass is 10.1. The second kappa shape index (κ2) is 9.48. The Morgan fingerprint density at radius 1 is 1.09 bits per heavy atom. The quantitative estimate of drug-likeness (QED) is 0.163. The third-order valence-corrected chi connectivity index (χ3v) is 7.97. The minimum atomic E-state index is -4.00. The maximum atomic E-state index is 12.7. The van der Waals surface area contributed by atoms with Gasteiger partial charge in [-0.3, -0.25) is 20.2 Å². The Labute approximate surface area is 202 Å². The smallest absolute Gasteiger partial charge is 0.340 e. The van der Waals surface area contributed by atoms with Crippen LogP contribution in [0.3, 0.4) is 0 Å². The predicted molar refractivity (Wildman–Crippen MR) is 128 cm³/mol. The fourth-order valence-electron chi connectivity index (χ4n) is 3.10. The number of rotatable bonds is 7. The van der Waals surface area contributed by atoms with Gasteiger partial charge >= 0.3 is 5.97 Å². The van der Waals surface area contributed by atoms with Crippen molar-refractivity contribution >= 4 is 60.3 Å². The number of esters is 1. The van der Waals surface area contributed by atoms with Crippen LogP contribution in [0.1, 0.15) is 10.4 Å². The van der Waals surface area contributed by atoms with Gasteiger partial charge in [-0.15, -0.1) is 0 Å². The summed E-state index contributed by atoms with van der Waals surface area (Å²) in [5.74, 6) is -1.52. The van der Waals surface area contributed by atoms with E-state index in [2.05, 4.69) is 10.3 Å². The molecular weight excluding hydrogens is 496 g/mol. The van der Waals surface area contributed by atoms with Crippen LogP contribution >= 0.6 is 11.3 Å². The Bertz CT molecular complexity index is 1560. The highest BCUT2D eigenvalue weighted by atomic mass is 32.2. The van der Waals surface area contributed by atoms with Crippen molar-refractivity contribution in [3.05, 3.63) is 82.5 Å². The van der Waals surface area contributed by atoms with Gasteiger partial charge in [0.2, 0.25) is 9.84 Å². The van der Waals surface area contributed by atoms with E-state index >= 15 is 0 Å². The summed E-state index contributed by atoms with van der Waals surface area (Å²) in [5.41, 5.74) is 6.00. The van der Waals surface area contributed by atoms with Gasteiger partial charge in [-0.05, 0) is 35.0 Å². The summed E-state index contributed by atoms with van der Waals surface area (Å²) < 4.78 is 30.3. The normalized spacial score (nSPS) is 11.2. The van der Waals surface area contributed by atoms with Crippen LogP contribution in [0.4, 0.5) is 16.5 Å². The van der Waals surface area contributed by atoms with Crippen LogP contribution in [0, 0.1) is 10.1 Å². The number of hydrogen-bond donors (Lipinski definition) is 2. The van der Waals surface area contributed by atoms with Crippen LogP contribution in [0.25, 0.3) is 10.8 Å². The van der Waals surface area contributed by atoms with Gasteiger partial charge < -0.3 is 10.5 Å². The minimum absolute atomic E-state index is 0.0308. The molecule has 0 spiro atoms. The average molecular weight is 513 g/mol. The van der Waals surface area contributed by atoms with Gasteiger partial charge in [0.15, 0.2) is 11.7 Å². The molecule has 0 fully saturated rings. The Kier molecular flexibility index (Phi) is 6.44. The van der Waals surface area contributed by atoms with Crippen molar-refractivity contribution in [2.24, 2.45) is 0 Å². The number of thiazole rings is 1. The van der Waals surface area contributed by atoms with E-state index in [1.54, 1.807) is 12.1 Å². The summed E-state index contributed by atoms with van der Waals surface area (Å²) in [7, 11) is -4.00. The second-order valence-electron chi connectivity index (χ2n) is 7.15. The van der Waals surface area contributed by atoms with Crippen LogP contribution in [-0.2, 0) is 19.4 Å². The number of hydrogen-bond acceptors (Lipinski definition) is 10. The van der Waals surface area contributed by atoms with Crippen LogP contribution in [-0.4, -0.2) is 36.8 Å². The molecule has 13 heteroatoms. The number of aromatic nitrogens is 1. The Morgan fingerprint density at radius 3 is 2.40 bits per heavy atom. The number of fused-ring (bicyclic) bond motifs is 1. The van der Waals surface area contributed by atoms with Gasteiger partial charge in [0.1, 0.15) is 4.21 Å². The van der Waals surface area contributed by atoms with E-state index in [-0.39, 0.29) is 31.2 Å². The number of nitrogens with zero attached hydrogens (tertiary/aromatic N) is 2. The number of nitro groups is 1. The highest BCUT2D eigenvalue weighted by Crippen LogP contribution is 2.29. The summed E-state index contributed by atoms with van der Waals surface area (Å²) in [5, 5.41) is 14.7. The summed E-state index contributed by atoms with van der Waals surface area (Å²) in [6.07, 6.45) is 1.05. The number of amides is 1. The van der Waals surface area contributed by atoms with Gasteiger partial charge in [-0.1, -0.05) is 35.6 Å². The third-order valence-electron chi connectivity index (χ3n) is 4.83. The van der Waals surface area contributed by atoms with Crippen molar-refractivity contribution in [1.82, 2.24) is 4.98 Å². The van der Waals surface area contributed by atoms with Gasteiger partial charge in [0.05, 0.1) is 21.6 Å². The number of benzene rings is 3. The minimum Gasteiger partial charge on any atom is -0.452 e. The average Bonchev–Trinajstić information content (AvgIpc) is 3.31. The number of anilines is 2. The molecular formula is C22H16N4O7S2. The SMILES string of the molecule is Nc1cc2ccccc2cc1C(=O)OCC(=O)Nc1ncc(S(=O)(=O)c2ccc([N+](=O)[O-])cc2)s1. The van der Waals surface area contributed by atoms with Crippen molar-refractivity contribution in [1.29, 1.82) is 0 Å². The van der Waals surface area contributed by atoms with Gasteiger partial charge in [-0.2, -0.15) is 0 Å². The lowest BCUT2D eigenvalue weighted by Crippen LogP contribution is -2.21. The maximum Gasteiger partial charge on any atom is 0.340 e. The Hall–Kier alpha value is -4.36.